The van der Waals surface area contributed by atoms with Gasteiger partial charge in [-0.3, -0.25) is 4.79 Å². The van der Waals surface area contributed by atoms with Crippen molar-refractivity contribution in [2.24, 2.45) is 0 Å². The molecule has 3 nitrogen and oxygen atoms in total. The Hall–Kier alpha value is -2.13. The predicted octanol–water partition coefficient (Wildman–Crippen LogP) is 2.92. The molecule has 1 aliphatic heterocycles. The van der Waals surface area contributed by atoms with Gasteiger partial charge in [0, 0.05) is 5.69 Å². The number of hydrogen-bond acceptors (Lipinski definition) is 2. The van der Waals surface area contributed by atoms with Gasteiger partial charge in [0.1, 0.15) is 6.10 Å². The Morgan fingerprint density at radius 3 is 2.68 bits per heavy atom. The largest absolute Gasteiger partial charge is 0.368 e. The average molecular weight is 253 g/mol. The van der Waals surface area contributed by atoms with Crippen molar-refractivity contribution in [1.82, 2.24) is 0 Å². The van der Waals surface area contributed by atoms with Gasteiger partial charge in [-0.05, 0) is 29.2 Å². The van der Waals surface area contributed by atoms with Crippen LogP contribution in [0.3, 0.4) is 0 Å². The quantitative estimate of drug-likeness (QED) is 0.657. The van der Waals surface area contributed by atoms with Crippen LogP contribution in [-0.4, -0.2) is 13.0 Å². The van der Waals surface area contributed by atoms with Crippen molar-refractivity contribution in [3.8, 4) is 0 Å². The van der Waals surface area contributed by atoms with E-state index in [1.807, 2.05) is 24.3 Å². The van der Waals surface area contributed by atoms with E-state index >= 15 is 0 Å². The minimum Gasteiger partial charge on any atom is -0.368 e. The van der Waals surface area contributed by atoms with Crippen LogP contribution in [0.25, 0.3) is 0 Å². The average Bonchev–Trinajstić information content (AvgIpc) is 3.27. The summed E-state index contributed by atoms with van der Waals surface area (Å²) in [6.45, 7) is 0.776. The number of benzene rings is 2. The first-order valence-corrected chi connectivity index (χ1v) is 6.35. The molecule has 96 valence electrons. The molecule has 1 amide bonds. The molecule has 2 aromatic rings. The zero-order chi connectivity index (χ0) is 13.1. The van der Waals surface area contributed by atoms with Crippen LogP contribution in [0.15, 0.2) is 48.5 Å². The van der Waals surface area contributed by atoms with Gasteiger partial charge in [-0.1, -0.05) is 42.5 Å². The Labute approximate surface area is 112 Å². The highest BCUT2D eigenvalue weighted by molar-refractivity contribution is 5.74. The Bertz CT molecular complexity index is 577. The van der Waals surface area contributed by atoms with Crippen molar-refractivity contribution in [1.29, 1.82) is 0 Å². The van der Waals surface area contributed by atoms with Crippen molar-refractivity contribution in [2.75, 3.05) is 11.9 Å². The maximum atomic E-state index is 10.7. The van der Waals surface area contributed by atoms with Crippen LogP contribution in [0.1, 0.15) is 22.8 Å². The molecule has 1 atom stereocenters. The van der Waals surface area contributed by atoms with E-state index in [4.69, 9.17) is 4.74 Å². The summed E-state index contributed by atoms with van der Waals surface area (Å²) in [7, 11) is 0. The smallest absolute Gasteiger partial charge is 0.211 e. The minimum atomic E-state index is 0.206. The van der Waals surface area contributed by atoms with Gasteiger partial charge >= 0.3 is 0 Å². The molecule has 0 aliphatic carbocycles. The molecule has 0 spiro atoms. The van der Waals surface area contributed by atoms with Crippen LogP contribution in [0.4, 0.5) is 5.69 Å². The van der Waals surface area contributed by atoms with Crippen LogP contribution >= 0.6 is 0 Å². The number of hydrogen-bond donors (Lipinski definition) is 1. The number of nitrogens with one attached hydrogen (secondary N) is 1. The second-order valence-electron chi connectivity index (χ2n) is 4.66. The number of amides is 1. The molecule has 0 aromatic heterocycles. The van der Waals surface area contributed by atoms with Gasteiger partial charge in [-0.15, -0.1) is 0 Å². The SMILES string of the molecule is O=CNc1cc(C2CO2)ccc1Cc1ccccc1. The summed E-state index contributed by atoms with van der Waals surface area (Å²) in [6.07, 6.45) is 1.74. The van der Waals surface area contributed by atoms with E-state index in [0.29, 0.717) is 0 Å². The van der Waals surface area contributed by atoms with Gasteiger partial charge in [0.2, 0.25) is 6.41 Å². The van der Waals surface area contributed by atoms with E-state index in [9.17, 15) is 4.79 Å². The van der Waals surface area contributed by atoms with Crippen LogP contribution in [0.5, 0.6) is 0 Å². The molecule has 3 heteroatoms. The van der Waals surface area contributed by atoms with Crippen LogP contribution in [-0.2, 0) is 16.0 Å². The predicted molar refractivity (Wildman–Crippen MR) is 74.1 cm³/mol. The molecule has 0 saturated carbocycles. The Kier molecular flexibility index (Phi) is 3.29. The van der Waals surface area contributed by atoms with Gasteiger partial charge in [0.25, 0.3) is 0 Å². The Balaban J connectivity index is 1.88. The van der Waals surface area contributed by atoms with E-state index in [0.717, 1.165) is 36.3 Å². The highest BCUT2D eigenvalue weighted by Gasteiger charge is 2.25. The second-order valence-corrected chi connectivity index (χ2v) is 4.66. The Morgan fingerprint density at radius 2 is 2.00 bits per heavy atom. The van der Waals surface area contributed by atoms with E-state index < -0.39 is 0 Å². The van der Waals surface area contributed by atoms with E-state index in [1.54, 1.807) is 0 Å². The van der Waals surface area contributed by atoms with Gasteiger partial charge < -0.3 is 10.1 Å². The maximum Gasteiger partial charge on any atom is 0.211 e. The molecule has 2 aromatic carbocycles. The van der Waals surface area contributed by atoms with Gasteiger partial charge in [-0.25, -0.2) is 0 Å². The molecule has 0 bridgehead atoms. The molecular weight excluding hydrogens is 238 g/mol. The van der Waals surface area contributed by atoms with Crippen LogP contribution in [0, 0.1) is 0 Å². The topological polar surface area (TPSA) is 41.6 Å². The Morgan fingerprint density at radius 1 is 1.21 bits per heavy atom. The molecule has 1 heterocycles. The highest BCUT2D eigenvalue weighted by atomic mass is 16.6. The number of carbonyl (C=O) groups excluding carboxylic acids is 1. The molecule has 1 fully saturated rings. The lowest BCUT2D eigenvalue weighted by atomic mass is 10.0. The molecule has 1 saturated heterocycles. The van der Waals surface area contributed by atoms with Crippen molar-refractivity contribution in [3.05, 3.63) is 65.2 Å². The summed E-state index contributed by atoms with van der Waals surface area (Å²) in [5, 5.41) is 2.78. The zero-order valence-corrected chi connectivity index (χ0v) is 10.5. The summed E-state index contributed by atoms with van der Waals surface area (Å²) in [5.41, 5.74) is 4.34. The first-order valence-electron chi connectivity index (χ1n) is 6.35. The molecule has 0 radical (unpaired) electrons. The summed E-state index contributed by atoms with van der Waals surface area (Å²) in [6, 6.07) is 16.4. The summed E-state index contributed by atoms with van der Waals surface area (Å²) in [5.74, 6) is 0. The number of epoxide rings is 1. The zero-order valence-electron chi connectivity index (χ0n) is 10.5. The van der Waals surface area contributed by atoms with Crippen molar-refractivity contribution in [2.45, 2.75) is 12.5 Å². The highest BCUT2D eigenvalue weighted by Crippen LogP contribution is 2.32. The monoisotopic (exact) mass is 253 g/mol. The fourth-order valence-corrected chi connectivity index (χ4v) is 2.20. The molecular formula is C16H15NO2. The summed E-state index contributed by atoms with van der Waals surface area (Å²) in [4.78, 5) is 10.7. The fourth-order valence-electron chi connectivity index (χ4n) is 2.20. The lowest BCUT2D eigenvalue weighted by Gasteiger charge is -2.10. The van der Waals surface area contributed by atoms with Crippen molar-refractivity contribution in [3.63, 3.8) is 0 Å². The lowest BCUT2D eigenvalue weighted by Crippen LogP contribution is -2.01. The third-order valence-corrected chi connectivity index (χ3v) is 3.29. The lowest BCUT2D eigenvalue weighted by molar-refractivity contribution is -0.105. The number of rotatable bonds is 5. The number of anilines is 1. The van der Waals surface area contributed by atoms with Crippen molar-refractivity contribution >= 4 is 12.1 Å². The summed E-state index contributed by atoms with van der Waals surface area (Å²) >= 11 is 0. The molecule has 1 aliphatic rings. The van der Waals surface area contributed by atoms with Crippen LogP contribution < -0.4 is 5.32 Å². The number of carbonyl (C=O) groups is 1. The standard InChI is InChI=1S/C16H15NO2/c18-11-17-15-9-14(16-10-19-16)7-6-13(15)8-12-4-2-1-3-5-12/h1-7,9,11,16H,8,10H2,(H,17,18). The van der Waals surface area contributed by atoms with Gasteiger partial charge in [0.15, 0.2) is 0 Å². The van der Waals surface area contributed by atoms with Gasteiger partial charge in [0.05, 0.1) is 6.61 Å². The fraction of sp³-hybridized carbons (Fsp3) is 0.188. The normalized spacial score (nSPS) is 16.9. The third kappa shape index (κ3) is 2.83. The molecule has 19 heavy (non-hydrogen) atoms. The van der Waals surface area contributed by atoms with Crippen molar-refractivity contribution < 1.29 is 9.53 Å². The van der Waals surface area contributed by atoms with E-state index in [2.05, 4.69) is 29.6 Å². The van der Waals surface area contributed by atoms with Crippen LogP contribution in [0.2, 0.25) is 0 Å². The molecule has 1 N–H and O–H groups in total. The number of ether oxygens (including phenoxy) is 1. The van der Waals surface area contributed by atoms with Gasteiger partial charge in [-0.2, -0.15) is 0 Å². The molecule has 1 unspecified atom stereocenters. The minimum absolute atomic E-state index is 0.206. The first kappa shape index (κ1) is 11.9. The third-order valence-electron chi connectivity index (χ3n) is 3.29. The summed E-state index contributed by atoms with van der Waals surface area (Å²) < 4.78 is 5.27. The first-order chi connectivity index (χ1) is 9.36. The van der Waals surface area contributed by atoms with E-state index in [-0.39, 0.29) is 6.10 Å². The maximum absolute atomic E-state index is 10.7. The second kappa shape index (κ2) is 5.24. The van der Waals surface area contributed by atoms with E-state index in [1.165, 1.54) is 5.56 Å². The molecule has 3 rings (SSSR count).